The summed E-state index contributed by atoms with van der Waals surface area (Å²) in [4.78, 5) is 17.5. The average molecular weight is 422 g/mol. The molecule has 4 N–H and O–H groups in total. The van der Waals surface area contributed by atoms with Gasteiger partial charge in [0.1, 0.15) is 29.6 Å². The fraction of sp³-hybridized carbons (Fsp3) is 0.476. The summed E-state index contributed by atoms with van der Waals surface area (Å²) < 4.78 is 2.17. The number of aliphatic hydroxyl groups excluding tert-OH is 1. The lowest BCUT2D eigenvalue weighted by molar-refractivity contribution is 0.173. The first-order valence-corrected chi connectivity index (χ1v) is 10.5. The van der Waals surface area contributed by atoms with E-state index < -0.39 is 0 Å². The highest BCUT2D eigenvalue weighted by Crippen LogP contribution is 2.32. The molecule has 0 aromatic carbocycles. The number of rotatable bonds is 7. The van der Waals surface area contributed by atoms with Gasteiger partial charge in [-0.1, -0.05) is 0 Å². The molecule has 31 heavy (non-hydrogen) atoms. The number of nitrogens with one attached hydrogen (secondary N) is 1. The first-order valence-electron chi connectivity index (χ1n) is 10.5. The van der Waals surface area contributed by atoms with Gasteiger partial charge in [0.25, 0.3) is 0 Å². The van der Waals surface area contributed by atoms with Crippen LogP contribution in [0, 0.1) is 16.7 Å². The molecule has 4 rings (SSSR count). The molecule has 4 heterocycles. The van der Waals surface area contributed by atoms with Gasteiger partial charge in [-0.2, -0.15) is 5.26 Å². The number of likely N-dealkylation sites (tertiary alicyclic amines) is 1. The van der Waals surface area contributed by atoms with Gasteiger partial charge in [0.15, 0.2) is 5.82 Å². The summed E-state index contributed by atoms with van der Waals surface area (Å²) in [6.07, 6.45) is 8.36. The largest absolute Gasteiger partial charge is 0.515 e. The van der Waals surface area contributed by atoms with Crippen LogP contribution in [0.3, 0.4) is 0 Å². The van der Waals surface area contributed by atoms with Crippen LogP contribution in [0.15, 0.2) is 18.8 Å². The SMILES string of the molecule is N#Cc1c(N)ncnc1N1CCC(c2nc(/C(C=N)=C/O)cn2CCN2CCC2)CC1. The number of allylic oxidation sites excluding steroid dienone is 1. The number of nitrogens with zero attached hydrogens (tertiary/aromatic N) is 7. The predicted molar refractivity (Wildman–Crippen MR) is 118 cm³/mol. The third-order valence-electron chi connectivity index (χ3n) is 6.13. The van der Waals surface area contributed by atoms with Gasteiger partial charge in [0.05, 0.1) is 17.5 Å². The molecule has 0 spiro atoms. The van der Waals surface area contributed by atoms with Gasteiger partial charge in [0, 0.05) is 44.5 Å². The van der Waals surface area contributed by atoms with Crippen LogP contribution in [0.4, 0.5) is 11.6 Å². The molecule has 162 valence electrons. The summed E-state index contributed by atoms with van der Waals surface area (Å²) in [6, 6.07) is 2.12. The van der Waals surface area contributed by atoms with Gasteiger partial charge in [-0.15, -0.1) is 0 Å². The van der Waals surface area contributed by atoms with Crippen LogP contribution < -0.4 is 10.6 Å². The first kappa shape index (κ1) is 20.8. The van der Waals surface area contributed by atoms with E-state index in [2.05, 4.69) is 30.4 Å². The highest BCUT2D eigenvalue weighted by Gasteiger charge is 2.28. The van der Waals surface area contributed by atoms with Crippen molar-refractivity contribution < 1.29 is 5.11 Å². The number of imidazole rings is 1. The first-order chi connectivity index (χ1) is 15.1. The second kappa shape index (κ2) is 9.14. The molecule has 0 radical (unpaired) electrons. The predicted octanol–water partition coefficient (Wildman–Crippen LogP) is 1.77. The molecule has 2 aromatic heterocycles. The van der Waals surface area contributed by atoms with Crippen LogP contribution in [0.25, 0.3) is 5.57 Å². The Bertz CT molecular complexity index is 1010. The van der Waals surface area contributed by atoms with E-state index in [-0.39, 0.29) is 11.7 Å². The van der Waals surface area contributed by atoms with Crippen LogP contribution >= 0.6 is 0 Å². The molecule has 2 aliphatic heterocycles. The lowest BCUT2D eigenvalue weighted by atomic mass is 9.95. The number of hydrogen-bond donors (Lipinski definition) is 3. The lowest BCUT2D eigenvalue weighted by Crippen LogP contribution is -2.39. The Labute approximate surface area is 181 Å². The molecule has 0 saturated carbocycles. The van der Waals surface area contributed by atoms with E-state index in [0.29, 0.717) is 22.6 Å². The van der Waals surface area contributed by atoms with Crippen molar-refractivity contribution in [1.82, 2.24) is 24.4 Å². The van der Waals surface area contributed by atoms with E-state index in [1.807, 2.05) is 6.20 Å². The standard InChI is InChI=1S/C21H27N9O/c22-10-16(13-31)18-12-30(9-8-28-4-1-5-28)20(27-18)15-2-6-29(7-3-15)21-17(11-23)19(24)25-14-26-21/h10,12-15,22,31H,1-9H2,(H2,24,25,26)/b16-13+,22-10?. The molecule has 2 aromatic rings. The quantitative estimate of drug-likeness (QED) is 0.453. The summed E-state index contributed by atoms with van der Waals surface area (Å²) in [5.74, 6) is 2.02. The van der Waals surface area contributed by atoms with Crippen LogP contribution in [0.2, 0.25) is 0 Å². The second-order valence-electron chi connectivity index (χ2n) is 7.93. The normalized spacial score (nSPS) is 17.9. The molecule has 2 aliphatic rings. The van der Waals surface area contributed by atoms with Crippen LogP contribution in [0.5, 0.6) is 0 Å². The number of nitrogens with two attached hydrogens (primary N) is 1. The number of aliphatic hydroxyl groups is 1. The third-order valence-corrected chi connectivity index (χ3v) is 6.13. The number of hydrogen-bond acceptors (Lipinski definition) is 9. The van der Waals surface area contributed by atoms with Gasteiger partial charge in [-0.05, 0) is 32.4 Å². The minimum absolute atomic E-state index is 0.204. The van der Waals surface area contributed by atoms with Crippen LogP contribution in [-0.4, -0.2) is 68.5 Å². The molecule has 0 aliphatic carbocycles. The molecule has 2 fully saturated rings. The van der Waals surface area contributed by atoms with Crippen molar-refractivity contribution in [3.63, 3.8) is 0 Å². The highest BCUT2D eigenvalue weighted by molar-refractivity contribution is 6.06. The maximum atomic E-state index is 9.46. The number of nitriles is 1. The van der Waals surface area contributed by atoms with E-state index in [9.17, 15) is 10.4 Å². The smallest absolute Gasteiger partial charge is 0.152 e. The van der Waals surface area contributed by atoms with Crippen molar-refractivity contribution in [2.45, 2.75) is 31.7 Å². The Hall–Kier alpha value is -3.45. The summed E-state index contributed by atoms with van der Waals surface area (Å²) >= 11 is 0. The molecule has 0 bridgehead atoms. The number of aromatic nitrogens is 4. The molecule has 2 saturated heterocycles. The zero-order valence-electron chi connectivity index (χ0n) is 17.4. The van der Waals surface area contributed by atoms with E-state index >= 15 is 0 Å². The van der Waals surface area contributed by atoms with Crippen molar-refractivity contribution in [3.8, 4) is 6.07 Å². The van der Waals surface area contributed by atoms with E-state index in [0.717, 1.165) is 70.4 Å². The summed E-state index contributed by atoms with van der Waals surface area (Å²) in [7, 11) is 0. The Kier molecular flexibility index (Phi) is 6.13. The molecule has 10 heteroatoms. The zero-order valence-corrected chi connectivity index (χ0v) is 17.4. The molecule has 10 nitrogen and oxygen atoms in total. The summed E-state index contributed by atoms with van der Waals surface area (Å²) in [6.45, 7) is 5.55. The van der Waals surface area contributed by atoms with Crippen molar-refractivity contribution in [2.75, 3.05) is 43.4 Å². The zero-order chi connectivity index (χ0) is 21.8. The minimum Gasteiger partial charge on any atom is -0.515 e. The van der Waals surface area contributed by atoms with Crippen molar-refractivity contribution in [3.05, 3.63) is 35.9 Å². The Morgan fingerprint density at radius 2 is 2.03 bits per heavy atom. The van der Waals surface area contributed by atoms with Crippen LogP contribution in [0.1, 0.15) is 42.3 Å². The van der Waals surface area contributed by atoms with E-state index in [4.69, 9.17) is 16.1 Å². The van der Waals surface area contributed by atoms with Crippen LogP contribution in [-0.2, 0) is 6.54 Å². The molecule has 0 unspecified atom stereocenters. The molecular weight excluding hydrogens is 394 g/mol. The number of nitrogen functional groups attached to an aromatic ring is 1. The Morgan fingerprint density at radius 1 is 1.26 bits per heavy atom. The van der Waals surface area contributed by atoms with Gasteiger partial charge < -0.3 is 30.6 Å². The van der Waals surface area contributed by atoms with E-state index in [1.165, 1.54) is 12.7 Å². The van der Waals surface area contributed by atoms with Crippen molar-refractivity contribution >= 4 is 23.4 Å². The fourth-order valence-corrected chi connectivity index (χ4v) is 4.19. The summed E-state index contributed by atoms with van der Waals surface area (Å²) in [5, 5.41) is 26.4. The van der Waals surface area contributed by atoms with Crippen molar-refractivity contribution in [2.24, 2.45) is 0 Å². The van der Waals surface area contributed by atoms with E-state index in [1.54, 1.807) is 0 Å². The maximum Gasteiger partial charge on any atom is 0.152 e. The highest BCUT2D eigenvalue weighted by atomic mass is 16.2. The second-order valence-corrected chi connectivity index (χ2v) is 7.93. The third kappa shape index (κ3) is 4.22. The Balaban J connectivity index is 1.52. The molecular formula is C21H27N9O. The minimum atomic E-state index is 0.204. The van der Waals surface area contributed by atoms with Gasteiger partial charge in [-0.25, -0.2) is 15.0 Å². The number of anilines is 2. The molecule has 0 atom stereocenters. The fourth-order valence-electron chi connectivity index (χ4n) is 4.19. The summed E-state index contributed by atoms with van der Waals surface area (Å²) in [5.41, 5.74) is 7.19. The topological polar surface area (TPSA) is 144 Å². The monoisotopic (exact) mass is 421 g/mol. The van der Waals surface area contributed by atoms with Crippen molar-refractivity contribution in [1.29, 1.82) is 10.7 Å². The molecule has 0 amide bonds. The van der Waals surface area contributed by atoms with Gasteiger partial charge in [-0.3, -0.25) is 0 Å². The van der Waals surface area contributed by atoms with Gasteiger partial charge in [0.2, 0.25) is 0 Å². The number of piperidine rings is 1. The Morgan fingerprint density at radius 3 is 2.65 bits per heavy atom. The van der Waals surface area contributed by atoms with Gasteiger partial charge >= 0.3 is 0 Å². The lowest BCUT2D eigenvalue weighted by Gasteiger charge is -2.34. The maximum absolute atomic E-state index is 9.46. The average Bonchev–Trinajstić information content (AvgIpc) is 3.17.